The Bertz CT molecular complexity index is 1110. The maximum Gasteiger partial charge on any atom is 0.343 e. The van der Waals surface area contributed by atoms with Gasteiger partial charge in [-0.15, -0.1) is 0 Å². The second kappa shape index (κ2) is 7.23. The summed E-state index contributed by atoms with van der Waals surface area (Å²) in [5.74, 6) is -0.747. The molecular formula is C20H16BrFN2O3. The number of ether oxygens (including phenoxy) is 1. The Kier molecular flexibility index (Phi) is 4.78. The van der Waals surface area contributed by atoms with Crippen LogP contribution < -0.4 is 10.3 Å². The van der Waals surface area contributed by atoms with E-state index in [0.29, 0.717) is 21.9 Å². The summed E-state index contributed by atoms with van der Waals surface area (Å²) in [6.07, 6.45) is 3.76. The zero-order valence-corrected chi connectivity index (χ0v) is 16.0. The second-order valence-corrected chi connectivity index (χ2v) is 7.41. The molecule has 3 aromatic rings. The van der Waals surface area contributed by atoms with E-state index in [1.165, 1.54) is 24.3 Å². The van der Waals surface area contributed by atoms with Gasteiger partial charge in [0.15, 0.2) is 11.6 Å². The van der Waals surface area contributed by atoms with Crippen LogP contribution in [-0.2, 0) is 13.0 Å². The average molecular weight is 431 g/mol. The average Bonchev–Trinajstić information content (AvgIpc) is 2.89. The highest BCUT2D eigenvalue weighted by molar-refractivity contribution is 9.10. The van der Waals surface area contributed by atoms with Gasteiger partial charge in [-0.1, -0.05) is 22.4 Å². The summed E-state index contributed by atoms with van der Waals surface area (Å²) in [6.45, 7) is 0.670. The van der Waals surface area contributed by atoms with E-state index < -0.39 is 11.8 Å². The third-order valence-corrected chi connectivity index (χ3v) is 5.14. The van der Waals surface area contributed by atoms with Gasteiger partial charge in [0.05, 0.1) is 16.5 Å². The van der Waals surface area contributed by atoms with Crippen LogP contribution >= 0.6 is 15.9 Å². The lowest BCUT2D eigenvalue weighted by atomic mass is 10.1. The minimum absolute atomic E-state index is 0.0872. The molecule has 0 radical (unpaired) electrons. The molecule has 1 aliphatic heterocycles. The summed E-state index contributed by atoms with van der Waals surface area (Å²) in [5.41, 5.74) is 0.588. The van der Waals surface area contributed by atoms with E-state index in [9.17, 15) is 14.0 Å². The van der Waals surface area contributed by atoms with Crippen LogP contribution in [0.1, 0.15) is 35.4 Å². The van der Waals surface area contributed by atoms with E-state index in [0.717, 1.165) is 31.5 Å². The van der Waals surface area contributed by atoms with Crippen molar-refractivity contribution in [3.8, 4) is 5.75 Å². The van der Waals surface area contributed by atoms with Crippen LogP contribution in [0.2, 0.25) is 0 Å². The van der Waals surface area contributed by atoms with E-state index in [4.69, 9.17) is 4.74 Å². The Morgan fingerprint density at radius 2 is 2.00 bits per heavy atom. The minimum atomic E-state index is -0.699. The molecule has 0 aliphatic carbocycles. The third kappa shape index (κ3) is 3.51. The zero-order valence-electron chi connectivity index (χ0n) is 14.4. The van der Waals surface area contributed by atoms with Gasteiger partial charge in [0.2, 0.25) is 0 Å². The predicted molar refractivity (Wildman–Crippen MR) is 103 cm³/mol. The normalized spacial score (nSPS) is 13.9. The molecule has 0 unspecified atom stereocenters. The summed E-state index contributed by atoms with van der Waals surface area (Å²) in [6, 6.07) is 8.81. The Hall–Kier alpha value is -2.54. The molecule has 27 heavy (non-hydrogen) atoms. The van der Waals surface area contributed by atoms with Crippen molar-refractivity contribution < 1.29 is 13.9 Å². The van der Waals surface area contributed by atoms with Crippen LogP contribution in [0.15, 0.2) is 45.7 Å². The number of carbonyl (C=O) groups excluding carboxylic acids is 1. The summed E-state index contributed by atoms with van der Waals surface area (Å²) in [5, 5.41) is 0.465. The highest BCUT2D eigenvalue weighted by Gasteiger charge is 2.17. The van der Waals surface area contributed by atoms with Crippen LogP contribution in [0.5, 0.6) is 5.75 Å². The molecule has 7 heteroatoms. The van der Waals surface area contributed by atoms with Crippen molar-refractivity contribution in [3.63, 3.8) is 0 Å². The Morgan fingerprint density at radius 3 is 2.81 bits per heavy atom. The maximum absolute atomic E-state index is 13.9. The van der Waals surface area contributed by atoms with Gasteiger partial charge in [0, 0.05) is 17.4 Å². The fourth-order valence-electron chi connectivity index (χ4n) is 3.26. The van der Waals surface area contributed by atoms with Crippen LogP contribution in [0.25, 0.3) is 10.9 Å². The van der Waals surface area contributed by atoms with E-state index in [1.54, 1.807) is 16.7 Å². The molecule has 0 bridgehead atoms. The quantitative estimate of drug-likeness (QED) is 0.450. The van der Waals surface area contributed by atoms with Gasteiger partial charge in [0.1, 0.15) is 5.82 Å². The topological polar surface area (TPSA) is 61.2 Å². The third-order valence-electron chi connectivity index (χ3n) is 4.65. The first-order chi connectivity index (χ1) is 13.0. The second-order valence-electron chi connectivity index (χ2n) is 6.49. The van der Waals surface area contributed by atoms with Crippen molar-refractivity contribution in [1.82, 2.24) is 9.55 Å². The smallest absolute Gasteiger partial charge is 0.343 e. The van der Waals surface area contributed by atoms with Gasteiger partial charge in [-0.3, -0.25) is 9.36 Å². The number of carbonyl (C=O) groups is 1. The van der Waals surface area contributed by atoms with E-state index in [1.807, 2.05) is 0 Å². The Labute approximate surface area is 162 Å². The fraction of sp³-hybridized carbons (Fsp3) is 0.250. The number of aromatic nitrogens is 2. The van der Waals surface area contributed by atoms with Crippen molar-refractivity contribution in [1.29, 1.82) is 0 Å². The molecule has 4 rings (SSSR count). The van der Waals surface area contributed by atoms with Crippen molar-refractivity contribution >= 4 is 32.8 Å². The molecule has 0 saturated heterocycles. The molecule has 0 atom stereocenters. The SMILES string of the molecule is O=C(Oc1ccc(Br)cc1F)c1ccc2c(=O)n3c(nc2c1)CCCCC3. The van der Waals surface area contributed by atoms with Crippen molar-refractivity contribution in [2.75, 3.05) is 0 Å². The molecule has 0 N–H and O–H groups in total. The first-order valence-electron chi connectivity index (χ1n) is 8.73. The number of hydrogen-bond donors (Lipinski definition) is 0. The maximum atomic E-state index is 13.9. The van der Waals surface area contributed by atoms with Crippen molar-refractivity contribution in [2.24, 2.45) is 0 Å². The first kappa shape index (κ1) is 17.9. The lowest BCUT2D eigenvalue weighted by Crippen LogP contribution is -2.24. The van der Waals surface area contributed by atoms with Crippen LogP contribution in [-0.4, -0.2) is 15.5 Å². The summed E-state index contributed by atoms with van der Waals surface area (Å²) in [7, 11) is 0. The first-order valence-corrected chi connectivity index (χ1v) is 9.53. The van der Waals surface area contributed by atoms with E-state index in [-0.39, 0.29) is 16.9 Å². The molecule has 138 valence electrons. The van der Waals surface area contributed by atoms with Crippen molar-refractivity contribution in [2.45, 2.75) is 32.2 Å². The number of fused-ring (bicyclic) bond motifs is 2. The number of benzene rings is 2. The number of halogens is 2. The number of nitrogens with zero attached hydrogens (tertiary/aromatic N) is 2. The molecule has 1 aromatic heterocycles. The number of esters is 1. The van der Waals surface area contributed by atoms with Gasteiger partial charge < -0.3 is 4.74 Å². The standard InChI is InChI=1S/C20H16BrFN2O3/c21-13-6-8-17(15(22)11-13)27-20(26)12-5-7-14-16(10-12)23-18-4-2-1-3-9-24(18)19(14)25/h5-8,10-11H,1-4,9H2. The minimum Gasteiger partial charge on any atom is -0.420 e. The monoisotopic (exact) mass is 430 g/mol. The lowest BCUT2D eigenvalue weighted by Gasteiger charge is -2.11. The van der Waals surface area contributed by atoms with Gasteiger partial charge in [-0.05, 0) is 49.2 Å². The van der Waals surface area contributed by atoms with E-state index in [2.05, 4.69) is 20.9 Å². The molecule has 5 nitrogen and oxygen atoms in total. The van der Waals surface area contributed by atoms with Crippen LogP contribution in [0.3, 0.4) is 0 Å². The molecule has 0 spiro atoms. The summed E-state index contributed by atoms with van der Waals surface area (Å²) < 4.78 is 21.3. The molecule has 2 aromatic carbocycles. The van der Waals surface area contributed by atoms with Gasteiger partial charge >= 0.3 is 5.97 Å². The molecule has 2 heterocycles. The lowest BCUT2D eigenvalue weighted by molar-refractivity contribution is 0.0728. The highest BCUT2D eigenvalue weighted by atomic mass is 79.9. The number of aryl methyl sites for hydroxylation is 1. The highest BCUT2D eigenvalue weighted by Crippen LogP contribution is 2.23. The van der Waals surface area contributed by atoms with Gasteiger partial charge in [-0.25, -0.2) is 14.2 Å². The van der Waals surface area contributed by atoms with Crippen LogP contribution in [0.4, 0.5) is 4.39 Å². The van der Waals surface area contributed by atoms with Crippen molar-refractivity contribution in [3.05, 3.63) is 68.4 Å². The molecule has 0 fully saturated rings. The Morgan fingerprint density at radius 1 is 1.15 bits per heavy atom. The summed E-state index contributed by atoms with van der Waals surface area (Å²) in [4.78, 5) is 29.7. The molecule has 0 amide bonds. The number of hydrogen-bond acceptors (Lipinski definition) is 4. The number of rotatable bonds is 2. The molecule has 0 saturated carbocycles. The summed E-state index contributed by atoms with van der Waals surface area (Å²) >= 11 is 3.16. The van der Waals surface area contributed by atoms with Gasteiger partial charge in [-0.2, -0.15) is 0 Å². The predicted octanol–water partition coefficient (Wildman–Crippen LogP) is 4.24. The molecular weight excluding hydrogens is 415 g/mol. The fourth-order valence-corrected chi connectivity index (χ4v) is 3.60. The van der Waals surface area contributed by atoms with E-state index >= 15 is 0 Å². The zero-order chi connectivity index (χ0) is 19.0. The van der Waals surface area contributed by atoms with Crippen LogP contribution in [0, 0.1) is 5.82 Å². The van der Waals surface area contributed by atoms with Gasteiger partial charge in [0.25, 0.3) is 5.56 Å². The Balaban J connectivity index is 1.70. The largest absolute Gasteiger partial charge is 0.420 e. The molecule has 1 aliphatic rings.